The third-order valence-corrected chi connectivity index (χ3v) is 4.22. The molecule has 0 spiro atoms. The highest BCUT2D eigenvalue weighted by Crippen LogP contribution is 2.24. The highest BCUT2D eigenvalue weighted by atomic mass is 16.2. The van der Waals surface area contributed by atoms with Crippen LogP contribution in [0.3, 0.4) is 0 Å². The van der Waals surface area contributed by atoms with E-state index >= 15 is 0 Å². The molecule has 0 radical (unpaired) electrons. The van der Waals surface area contributed by atoms with Crippen molar-refractivity contribution in [2.24, 2.45) is 11.7 Å². The summed E-state index contributed by atoms with van der Waals surface area (Å²) < 4.78 is 0. The molecule has 1 saturated carbocycles. The fourth-order valence-electron chi connectivity index (χ4n) is 2.92. The number of carbonyl (C=O) groups is 2. The van der Waals surface area contributed by atoms with Crippen LogP contribution < -0.4 is 11.1 Å². The predicted octanol–water partition coefficient (Wildman–Crippen LogP) is 1.27. The van der Waals surface area contributed by atoms with Gasteiger partial charge in [0.25, 0.3) is 0 Å². The first-order valence-electron chi connectivity index (χ1n) is 7.89. The smallest absolute Gasteiger partial charge is 0.222 e. The molecular weight excluding hydrogens is 254 g/mol. The van der Waals surface area contributed by atoms with Gasteiger partial charge in [-0.15, -0.1) is 0 Å². The van der Waals surface area contributed by atoms with Gasteiger partial charge in [-0.25, -0.2) is 0 Å². The van der Waals surface area contributed by atoms with Gasteiger partial charge in [0.1, 0.15) is 0 Å². The molecule has 5 nitrogen and oxygen atoms in total. The summed E-state index contributed by atoms with van der Waals surface area (Å²) in [6.07, 6.45) is 4.81. The number of nitrogens with zero attached hydrogens (tertiary/aromatic N) is 1. The Morgan fingerprint density at radius 3 is 2.50 bits per heavy atom. The van der Waals surface area contributed by atoms with Crippen LogP contribution in [0, 0.1) is 5.92 Å². The van der Waals surface area contributed by atoms with Gasteiger partial charge in [-0.05, 0) is 45.6 Å². The Morgan fingerprint density at radius 1 is 1.20 bits per heavy atom. The Balaban J connectivity index is 2.21. The molecule has 1 aliphatic rings. The van der Waals surface area contributed by atoms with Crippen molar-refractivity contribution in [2.45, 2.75) is 58.4 Å². The van der Waals surface area contributed by atoms with Crippen LogP contribution in [-0.2, 0) is 9.59 Å². The van der Waals surface area contributed by atoms with Gasteiger partial charge in [0.2, 0.25) is 11.8 Å². The van der Waals surface area contributed by atoms with E-state index in [0.29, 0.717) is 31.7 Å². The second-order valence-electron chi connectivity index (χ2n) is 5.52. The van der Waals surface area contributed by atoms with Gasteiger partial charge in [-0.1, -0.05) is 6.42 Å². The molecule has 2 unspecified atom stereocenters. The maximum Gasteiger partial charge on any atom is 0.222 e. The Bertz CT molecular complexity index is 316. The third-order valence-electron chi connectivity index (χ3n) is 4.22. The minimum Gasteiger partial charge on any atom is -0.353 e. The van der Waals surface area contributed by atoms with Gasteiger partial charge in [0.15, 0.2) is 0 Å². The fraction of sp³-hybridized carbons (Fsp3) is 0.867. The Hall–Kier alpha value is -1.10. The molecule has 2 atom stereocenters. The van der Waals surface area contributed by atoms with E-state index in [1.165, 1.54) is 0 Å². The van der Waals surface area contributed by atoms with Gasteiger partial charge in [-0.2, -0.15) is 0 Å². The van der Waals surface area contributed by atoms with Crippen LogP contribution in [0.2, 0.25) is 0 Å². The first kappa shape index (κ1) is 17.0. The summed E-state index contributed by atoms with van der Waals surface area (Å²) in [5, 5.41) is 3.07. The largest absolute Gasteiger partial charge is 0.353 e. The van der Waals surface area contributed by atoms with Crippen LogP contribution >= 0.6 is 0 Å². The summed E-state index contributed by atoms with van der Waals surface area (Å²) in [4.78, 5) is 25.5. The topological polar surface area (TPSA) is 75.4 Å². The molecule has 1 rings (SSSR count). The molecular formula is C15H29N3O2. The zero-order valence-corrected chi connectivity index (χ0v) is 12.9. The fourth-order valence-corrected chi connectivity index (χ4v) is 2.92. The van der Waals surface area contributed by atoms with Crippen molar-refractivity contribution in [1.82, 2.24) is 10.2 Å². The van der Waals surface area contributed by atoms with Gasteiger partial charge in [0.05, 0.1) is 0 Å². The molecule has 0 aromatic rings. The van der Waals surface area contributed by atoms with E-state index in [9.17, 15) is 9.59 Å². The number of amides is 2. The first-order valence-corrected chi connectivity index (χ1v) is 7.89. The Kier molecular flexibility index (Phi) is 7.59. The molecule has 0 aromatic carbocycles. The summed E-state index contributed by atoms with van der Waals surface area (Å²) in [5.41, 5.74) is 5.70. The Morgan fingerprint density at radius 2 is 1.90 bits per heavy atom. The molecule has 116 valence electrons. The van der Waals surface area contributed by atoms with Crippen molar-refractivity contribution < 1.29 is 9.59 Å². The van der Waals surface area contributed by atoms with Gasteiger partial charge in [0, 0.05) is 32.0 Å². The van der Waals surface area contributed by atoms with Crippen LogP contribution in [0.25, 0.3) is 0 Å². The van der Waals surface area contributed by atoms with Crippen molar-refractivity contribution in [2.75, 3.05) is 19.6 Å². The van der Waals surface area contributed by atoms with Crippen LogP contribution in [-0.4, -0.2) is 42.4 Å². The van der Waals surface area contributed by atoms with E-state index < -0.39 is 0 Å². The van der Waals surface area contributed by atoms with E-state index in [2.05, 4.69) is 5.32 Å². The standard InChI is InChI=1S/C15H29N3O2/c1-3-18(4-2)15(20)10-6-9-14(19)17-13-8-5-7-12(13)11-16/h12-13H,3-11,16H2,1-2H3,(H,17,19). The third kappa shape index (κ3) is 5.12. The average molecular weight is 283 g/mol. The SMILES string of the molecule is CCN(CC)C(=O)CCCC(=O)NC1CCCC1CN. The molecule has 0 bridgehead atoms. The number of hydrogen-bond donors (Lipinski definition) is 2. The lowest BCUT2D eigenvalue weighted by Gasteiger charge is -2.20. The van der Waals surface area contributed by atoms with Crippen LogP contribution in [0.15, 0.2) is 0 Å². The van der Waals surface area contributed by atoms with Crippen LogP contribution in [0.5, 0.6) is 0 Å². The van der Waals surface area contributed by atoms with Gasteiger partial charge >= 0.3 is 0 Å². The van der Waals surface area contributed by atoms with Crippen molar-refractivity contribution in [3.8, 4) is 0 Å². The number of nitrogens with two attached hydrogens (primary N) is 1. The van der Waals surface area contributed by atoms with Crippen molar-refractivity contribution in [3.63, 3.8) is 0 Å². The monoisotopic (exact) mass is 283 g/mol. The molecule has 0 heterocycles. The quantitative estimate of drug-likeness (QED) is 0.704. The predicted molar refractivity (Wildman–Crippen MR) is 80.1 cm³/mol. The summed E-state index contributed by atoms with van der Waals surface area (Å²) >= 11 is 0. The van der Waals surface area contributed by atoms with E-state index in [0.717, 1.165) is 32.4 Å². The zero-order valence-electron chi connectivity index (χ0n) is 12.9. The lowest BCUT2D eigenvalue weighted by molar-refractivity contribution is -0.131. The highest BCUT2D eigenvalue weighted by Gasteiger charge is 2.27. The molecule has 0 aliphatic heterocycles. The highest BCUT2D eigenvalue weighted by molar-refractivity contribution is 5.79. The minimum absolute atomic E-state index is 0.0581. The summed E-state index contributed by atoms with van der Waals surface area (Å²) in [5.74, 6) is 0.627. The molecule has 2 amide bonds. The average Bonchev–Trinajstić information content (AvgIpc) is 2.87. The second kappa shape index (κ2) is 8.95. The van der Waals surface area contributed by atoms with Crippen LogP contribution in [0.4, 0.5) is 0 Å². The van der Waals surface area contributed by atoms with E-state index in [1.807, 2.05) is 13.8 Å². The second-order valence-corrected chi connectivity index (χ2v) is 5.52. The Labute approximate surface area is 122 Å². The van der Waals surface area contributed by atoms with E-state index in [1.54, 1.807) is 4.90 Å². The number of rotatable bonds is 8. The van der Waals surface area contributed by atoms with Gasteiger partial charge < -0.3 is 16.0 Å². The molecule has 0 aromatic heterocycles. The normalized spacial score (nSPS) is 21.8. The molecule has 0 saturated heterocycles. The molecule has 1 fully saturated rings. The molecule has 5 heteroatoms. The number of carbonyl (C=O) groups excluding carboxylic acids is 2. The van der Waals surface area contributed by atoms with Crippen molar-refractivity contribution >= 4 is 11.8 Å². The van der Waals surface area contributed by atoms with Crippen molar-refractivity contribution in [1.29, 1.82) is 0 Å². The maximum atomic E-state index is 11.9. The molecule has 1 aliphatic carbocycles. The number of nitrogens with one attached hydrogen (secondary N) is 1. The maximum absolute atomic E-state index is 11.9. The van der Waals surface area contributed by atoms with E-state index in [4.69, 9.17) is 5.73 Å². The summed E-state index contributed by atoms with van der Waals surface area (Å²) in [7, 11) is 0. The minimum atomic E-state index is 0.0581. The van der Waals surface area contributed by atoms with Crippen LogP contribution in [0.1, 0.15) is 52.4 Å². The number of hydrogen-bond acceptors (Lipinski definition) is 3. The first-order chi connectivity index (χ1) is 9.62. The molecule has 20 heavy (non-hydrogen) atoms. The lowest BCUT2D eigenvalue weighted by atomic mass is 10.0. The van der Waals surface area contributed by atoms with E-state index in [-0.39, 0.29) is 17.9 Å². The van der Waals surface area contributed by atoms with Gasteiger partial charge in [-0.3, -0.25) is 9.59 Å². The summed E-state index contributed by atoms with van der Waals surface area (Å²) in [6, 6.07) is 0.242. The molecule has 3 N–H and O–H groups in total. The van der Waals surface area contributed by atoms with Crippen molar-refractivity contribution in [3.05, 3.63) is 0 Å². The summed E-state index contributed by atoms with van der Waals surface area (Å²) in [6.45, 7) is 6.07. The zero-order chi connectivity index (χ0) is 15.0. The lowest BCUT2D eigenvalue weighted by Crippen LogP contribution is -2.39.